The average molecular weight is 291 g/mol. The van der Waals surface area contributed by atoms with Crippen molar-refractivity contribution in [1.29, 1.82) is 0 Å². The van der Waals surface area contributed by atoms with Crippen molar-refractivity contribution in [3.63, 3.8) is 0 Å². The molecule has 0 bridgehead atoms. The van der Waals surface area contributed by atoms with Gasteiger partial charge in [-0.1, -0.05) is 6.92 Å². The van der Waals surface area contributed by atoms with Gasteiger partial charge in [-0.05, 0) is 36.7 Å². The monoisotopic (exact) mass is 291 g/mol. The molecule has 0 radical (unpaired) electrons. The Morgan fingerprint density at radius 2 is 1.81 bits per heavy atom. The first kappa shape index (κ1) is 14.3. The van der Waals surface area contributed by atoms with E-state index >= 15 is 0 Å². The van der Waals surface area contributed by atoms with Crippen molar-refractivity contribution in [2.24, 2.45) is 11.8 Å². The topological polar surface area (TPSA) is 35.6 Å². The molecule has 0 unspecified atom stereocenters. The van der Waals surface area contributed by atoms with Crippen molar-refractivity contribution in [2.75, 3.05) is 44.2 Å². The van der Waals surface area contributed by atoms with Gasteiger partial charge in [0.2, 0.25) is 5.91 Å². The zero-order chi connectivity index (χ0) is 14.8. The van der Waals surface area contributed by atoms with E-state index in [1.165, 1.54) is 12.1 Å². The molecule has 2 saturated heterocycles. The molecule has 2 heterocycles. The molecular weight excluding hydrogens is 269 g/mol. The Morgan fingerprint density at radius 3 is 2.38 bits per heavy atom. The molecule has 0 aromatic heterocycles. The first-order chi connectivity index (χ1) is 10.1. The van der Waals surface area contributed by atoms with Gasteiger partial charge in [0.25, 0.3) is 0 Å². The lowest BCUT2D eigenvalue weighted by molar-refractivity contribution is -0.136. The third-order valence-electron chi connectivity index (χ3n) is 4.62. The fourth-order valence-corrected chi connectivity index (χ4v) is 3.21. The first-order valence-electron chi connectivity index (χ1n) is 7.65. The molecule has 4 nitrogen and oxygen atoms in total. The van der Waals surface area contributed by atoms with E-state index in [-0.39, 0.29) is 17.6 Å². The maximum Gasteiger partial charge on any atom is 0.227 e. The largest absolute Gasteiger partial charge is 0.368 e. The van der Waals surface area contributed by atoms with Crippen LogP contribution in [-0.4, -0.2) is 50.1 Å². The van der Waals surface area contributed by atoms with Crippen molar-refractivity contribution in [1.82, 2.24) is 10.2 Å². The molecule has 0 aliphatic carbocycles. The quantitative estimate of drug-likeness (QED) is 0.893. The number of hydrogen-bond acceptors (Lipinski definition) is 3. The number of rotatable bonds is 2. The minimum Gasteiger partial charge on any atom is -0.368 e. The summed E-state index contributed by atoms with van der Waals surface area (Å²) in [6.07, 6.45) is 0. The van der Waals surface area contributed by atoms with E-state index in [0.29, 0.717) is 5.92 Å². The molecule has 2 fully saturated rings. The second kappa shape index (κ2) is 6.02. The van der Waals surface area contributed by atoms with Crippen molar-refractivity contribution < 1.29 is 9.18 Å². The van der Waals surface area contributed by atoms with Gasteiger partial charge in [0, 0.05) is 38.4 Å². The molecule has 1 aromatic rings. The van der Waals surface area contributed by atoms with Gasteiger partial charge in [0.1, 0.15) is 5.82 Å². The molecular formula is C16H22FN3O. The van der Waals surface area contributed by atoms with E-state index in [1.54, 1.807) is 12.1 Å². The van der Waals surface area contributed by atoms with Crippen molar-refractivity contribution in [3.05, 3.63) is 30.1 Å². The molecule has 21 heavy (non-hydrogen) atoms. The maximum absolute atomic E-state index is 13.0. The van der Waals surface area contributed by atoms with E-state index in [9.17, 15) is 9.18 Å². The van der Waals surface area contributed by atoms with Crippen molar-refractivity contribution in [3.8, 4) is 0 Å². The van der Waals surface area contributed by atoms with Crippen LogP contribution < -0.4 is 10.2 Å². The van der Waals surface area contributed by atoms with Crippen LogP contribution in [0.3, 0.4) is 0 Å². The lowest BCUT2D eigenvalue weighted by Gasteiger charge is -2.37. The maximum atomic E-state index is 13.0. The highest BCUT2D eigenvalue weighted by Crippen LogP contribution is 2.21. The summed E-state index contributed by atoms with van der Waals surface area (Å²) in [4.78, 5) is 16.7. The summed E-state index contributed by atoms with van der Waals surface area (Å²) in [5, 5.41) is 3.29. The second-order valence-electron chi connectivity index (χ2n) is 6.03. The van der Waals surface area contributed by atoms with Gasteiger partial charge in [0.15, 0.2) is 0 Å². The number of halogens is 1. The van der Waals surface area contributed by atoms with Crippen LogP contribution in [0.4, 0.5) is 10.1 Å². The molecule has 2 aliphatic rings. The number of carbonyl (C=O) groups excluding carboxylic acids is 1. The predicted molar refractivity (Wildman–Crippen MR) is 80.7 cm³/mol. The molecule has 0 spiro atoms. The fourth-order valence-electron chi connectivity index (χ4n) is 3.21. The van der Waals surface area contributed by atoms with Gasteiger partial charge < -0.3 is 15.1 Å². The number of anilines is 1. The number of benzene rings is 1. The summed E-state index contributed by atoms with van der Waals surface area (Å²) in [6.45, 7) is 7.00. The third kappa shape index (κ3) is 3.02. The minimum absolute atomic E-state index is 0.127. The third-order valence-corrected chi connectivity index (χ3v) is 4.62. The van der Waals surface area contributed by atoms with Gasteiger partial charge in [-0.15, -0.1) is 0 Å². The van der Waals surface area contributed by atoms with E-state index in [1.807, 2.05) is 4.90 Å². The van der Waals surface area contributed by atoms with Crippen molar-refractivity contribution in [2.45, 2.75) is 6.92 Å². The summed E-state index contributed by atoms with van der Waals surface area (Å²) in [6, 6.07) is 6.57. The highest BCUT2D eigenvalue weighted by atomic mass is 19.1. The van der Waals surface area contributed by atoms with Crippen LogP contribution in [0.1, 0.15) is 6.92 Å². The fraction of sp³-hybridized carbons (Fsp3) is 0.562. The molecule has 2 atom stereocenters. The SMILES string of the molecule is C[C@@H]1CNC[C@H]1C(=O)N1CCN(c2ccc(F)cc2)CC1. The van der Waals surface area contributed by atoms with Crippen LogP contribution in [-0.2, 0) is 4.79 Å². The van der Waals surface area contributed by atoms with Crippen LogP contribution in [0.2, 0.25) is 0 Å². The summed E-state index contributed by atoms with van der Waals surface area (Å²) < 4.78 is 13.0. The lowest BCUT2D eigenvalue weighted by atomic mass is 9.96. The standard InChI is InChI=1S/C16H22FN3O/c1-12-10-18-11-15(12)16(21)20-8-6-19(7-9-20)14-4-2-13(17)3-5-14/h2-5,12,15,18H,6-11H2,1H3/t12-,15-/m1/s1. The number of nitrogens with zero attached hydrogens (tertiary/aromatic N) is 2. The molecule has 3 rings (SSSR count). The highest BCUT2D eigenvalue weighted by Gasteiger charge is 2.33. The minimum atomic E-state index is -0.213. The summed E-state index contributed by atoms with van der Waals surface area (Å²) in [5.74, 6) is 0.622. The van der Waals surface area contributed by atoms with Gasteiger partial charge in [0.05, 0.1) is 5.92 Å². The molecule has 0 saturated carbocycles. The second-order valence-corrected chi connectivity index (χ2v) is 6.03. The smallest absolute Gasteiger partial charge is 0.227 e. The Hall–Kier alpha value is -1.62. The molecule has 114 valence electrons. The normalized spacial score (nSPS) is 26.2. The zero-order valence-corrected chi connectivity index (χ0v) is 12.4. The molecule has 1 amide bonds. The summed E-state index contributed by atoms with van der Waals surface area (Å²) in [7, 11) is 0. The Morgan fingerprint density at radius 1 is 1.14 bits per heavy atom. The predicted octanol–water partition coefficient (Wildman–Crippen LogP) is 1.33. The number of piperazine rings is 1. The zero-order valence-electron chi connectivity index (χ0n) is 12.4. The van der Waals surface area contributed by atoms with E-state index in [2.05, 4.69) is 17.1 Å². The van der Waals surface area contributed by atoms with Crippen LogP contribution in [0.5, 0.6) is 0 Å². The van der Waals surface area contributed by atoms with E-state index in [0.717, 1.165) is 45.0 Å². The van der Waals surface area contributed by atoms with E-state index < -0.39 is 0 Å². The lowest BCUT2D eigenvalue weighted by Crippen LogP contribution is -2.51. The average Bonchev–Trinajstić information content (AvgIpc) is 2.94. The Labute approximate surface area is 124 Å². The number of hydrogen-bond donors (Lipinski definition) is 1. The summed E-state index contributed by atoms with van der Waals surface area (Å²) >= 11 is 0. The molecule has 1 aromatic carbocycles. The first-order valence-corrected chi connectivity index (χ1v) is 7.65. The van der Waals surface area contributed by atoms with Crippen molar-refractivity contribution >= 4 is 11.6 Å². The van der Waals surface area contributed by atoms with Crippen LogP contribution in [0, 0.1) is 17.7 Å². The molecule has 5 heteroatoms. The Kier molecular flexibility index (Phi) is 4.10. The molecule has 2 aliphatic heterocycles. The van der Waals surface area contributed by atoms with Gasteiger partial charge >= 0.3 is 0 Å². The van der Waals surface area contributed by atoms with Crippen LogP contribution in [0.25, 0.3) is 0 Å². The van der Waals surface area contributed by atoms with Gasteiger partial charge in [-0.3, -0.25) is 4.79 Å². The highest BCUT2D eigenvalue weighted by molar-refractivity contribution is 5.80. The number of amides is 1. The van der Waals surface area contributed by atoms with E-state index in [4.69, 9.17) is 0 Å². The number of carbonyl (C=O) groups is 1. The Bertz CT molecular complexity index is 497. The van der Waals surface area contributed by atoms with Gasteiger partial charge in [-0.2, -0.15) is 0 Å². The van der Waals surface area contributed by atoms with Crippen LogP contribution >= 0.6 is 0 Å². The van der Waals surface area contributed by atoms with Gasteiger partial charge in [-0.25, -0.2) is 4.39 Å². The summed E-state index contributed by atoms with van der Waals surface area (Å²) in [5.41, 5.74) is 1.03. The number of nitrogens with one attached hydrogen (secondary N) is 1. The Balaban J connectivity index is 1.57. The van der Waals surface area contributed by atoms with Crippen LogP contribution in [0.15, 0.2) is 24.3 Å². The molecule has 1 N–H and O–H groups in total.